The van der Waals surface area contributed by atoms with Crippen LogP contribution in [0.2, 0.25) is 0 Å². The minimum atomic E-state index is -0.364. The zero-order chi connectivity index (χ0) is 18.3. The van der Waals surface area contributed by atoms with Crippen LogP contribution in [0.15, 0.2) is 53.6 Å². The van der Waals surface area contributed by atoms with E-state index >= 15 is 0 Å². The highest BCUT2D eigenvalue weighted by Gasteiger charge is 2.15. The molecular weight excluding hydrogens is 312 g/mol. The van der Waals surface area contributed by atoms with E-state index in [4.69, 9.17) is 4.74 Å². The molecule has 0 heterocycles. The fourth-order valence-electron chi connectivity index (χ4n) is 2.81. The van der Waals surface area contributed by atoms with E-state index in [9.17, 15) is 9.90 Å². The molecule has 1 aromatic carbocycles. The van der Waals surface area contributed by atoms with E-state index in [-0.39, 0.29) is 12.6 Å². The van der Waals surface area contributed by atoms with Gasteiger partial charge in [-0.2, -0.15) is 0 Å². The van der Waals surface area contributed by atoms with Crippen LogP contribution in [0.4, 0.5) is 0 Å². The van der Waals surface area contributed by atoms with Crippen molar-refractivity contribution in [2.45, 2.75) is 65.2 Å². The summed E-state index contributed by atoms with van der Waals surface area (Å²) in [6, 6.07) is 9.07. The summed E-state index contributed by atoms with van der Waals surface area (Å²) in [5, 5.41) is 9.30. The molecule has 3 nitrogen and oxygen atoms in total. The molecule has 3 heteroatoms. The van der Waals surface area contributed by atoms with Gasteiger partial charge < -0.3 is 9.84 Å². The topological polar surface area (TPSA) is 46.5 Å². The largest absolute Gasteiger partial charge is 0.423 e. The third-order valence-electron chi connectivity index (χ3n) is 4.20. The smallest absolute Gasteiger partial charge is 0.343 e. The second kappa shape index (κ2) is 13.4. The Bertz CT molecular complexity index is 544. The quantitative estimate of drug-likeness (QED) is 0.176. The number of ether oxygens (including phenoxy) is 1. The van der Waals surface area contributed by atoms with Gasteiger partial charge in [-0.25, -0.2) is 4.79 Å². The zero-order valence-corrected chi connectivity index (χ0v) is 15.7. The number of hydrogen-bond donors (Lipinski definition) is 1. The predicted molar refractivity (Wildman–Crippen MR) is 104 cm³/mol. The van der Waals surface area contributed by atoms with Crippen molar-refractivity contribution < 1.29 is 14.6 Å². The molecule has 0 aliphatic rings. The second-order valence-electron chi connectivity index (χ2n) is 6.19. The molecular formula is C22H32O3. The molecule has 25 heavy (non-hydrogen) atoms. The molecule has 0 atom stereocenters. The first kappa shape index (κ1) is 21.2. The number of para-hydroxylation sites is 1. The number of carbonyl (C=O) groups is 1. The van der Waals surface area contributed by atoms with Crippen molar-refractivity contribution in [1.82, 2.24) is 0 Å². The van der Waals surface area contributed by atoms with Crippen molar-refractivity contribution in [3.63, 3.8) is 0 Å². The lowest BCUT2D eigenvalue weighted by Gasteiger charge is -2.12. The summed E-state index contributed by atoms with van der Waals surface area (Å²) in [6.07, 6.45) is 12.8. The number of benzene rings is 1. The summed E-state index contributed by atoms with van der Waals surface area (Å²) >= 11 is 0. The van der Waals surface area contributed by atoms with E-state index in [1.54, 1.807) is 24.3 Å². The van der Waals surface area contributed by atoms with Crippen LogP contribution in [0, 0.1) is 0 Å². The van der Waals surface area contributed by atoms with Crippen LogP contribution < -0.4 is 4.74 Å². The van der Waals surface area contributed by atoms with Crippen LogP contribution >= 0.6 is 0 Å². The van der Waals surface area contributed by atoms with Crippen LogP contribution in [0.3, 0.4) is 0 Å². The van der Waals surface area contributed by atoms with Crippen molar-refractivity contribution >= 4 is 5.97 Å². The van der Waals surface area contributed by atoms with Crippen molar-refractivity contribution in [2.75, 3.05) is 6.61 Å². The Kier molecular flexibility index (Phi) is 11.4. The summed E-state index contributed by atoms with van der Waals surface area (Å²) in [7, 11) is 0. The van der Waals surface area contributed by atoms with Gasteiger partial charge in [0.1, 0.15) is 5.75 Å². The summed E-state index contributed by atoms with van der Waals surface area (Å²) < 4.78 is 5.44. The maximum atomic E-state index is 12.5. The van der Waals surface area contributed by atoms with Gasteiger partial charge in [0.2, 0.25) is 0 Å². The summed E-state index contributed by atoms with van der Waals surface area (Å²) in [4.78, 5) is 12.5. The third kappa shape index (κ3) is 8.69. The minimum Gasteiger partial charge on any atom is -0.423 e. The Hall–Kier alpha value is -1.87. The first-order chi connectivity index (χ1) is 12.2. The number of allylic oxidation sites excluding steroid dienone is 1. The summed E-state index contributed by atoms with van der Waals surface area (Å²) in [5.41, 5.74) is 1.42. The van der Waals surface area contributed by atoms with Crippen molar-refractivity contribution in [3.05, 3.63) is 53.6 Å². The van der Waals surface area contributed by atoms with E-state index in [2.05, 4.69) is 6.92 Å². The maximum Gasteiger partial charge on any atom is 0.343 e. The maximum absolute atomic E-state index is 12.5. The third-order valence-corrected chi connectivity index (χ3v) is 4.20. The summed E-state index contributed by atoms with van der Waals surface area (Å²) in [6.45, 7) is 3.98. The van der Waals surface area contributed by atoms with Gasteiger partial charge in [-0.05, 0) is 37.5 Å². The molecule has 1 rings (SSSR count). The molecule has 138 valence electrons. The Morgan fingerprint density at radius 1 is 1.04 bits per heavy atom. The first-order valence-corrected chi connectivity index (χ1v) is 9.46. The lowest BCUT2D eigenvalue weighted by molar-refractivity contribution is -0.129. The van der Waals surface area contributed by atoms with E-state index < -0.39 is 0 Å². The molecule has 0 amide bonds. The van der Waals surface area contributed by atoms with Crippen molar-refractivity contribution in [2.24, 2.45) is 0 Å². The monoisotopic (exact) mass is 344 g/mol. The van der Waals surface area contributed by atoms with E-state index in [0.29, 0.717) is 11.3 Å². The van der Waals surface area contributed by atoms with E-state index in [0.717, 1.165) is 24.8 Å². The highest BCUT2D eigenvalue weighted by Crippen LogP contribution is 2.21. The number of esters is 1. The Morgan fingerprint density at radius 2 is 1.68 bits per heavy atom. The van der Waals surface area contributed by atoms with Gasteiger partial charge in [-0.15, -0.1) is 0 Å². The molecule has 0 radical (unpaired) electrons. The van der Waals surface area contributed by atoms with Gasteiger partial charge in [-0.1, -0.05) is 75.8 Å². The first-order valence-electron chi connectivity index (χ1n) is 9.46. The van der Waals surface area contributed by atoms with Gasteiger partial charge in [0, 0.05) is 0 Å². The molecule has 0 aliphatic heterocycles. The van der Waals surface area contributed by atoms with Gasteiger partial charge >= 0.3 is 5.97 Å². The summed E-state index contributed by atoms with van der Waals surface area (Å²) in [5.74, 6) is 0.169. The second-order valence-corrected chi connectivity index (χ2v) is 6.19. The van der Waals surface area contributed by atoms with Gasteiger partial charge in [0.05, 0.1) is 12.2 Å². The fraction of sp³-hybridized carbons (Fsp3) is 0.500. The number of carbonyl (C=O) groups excluding carboxylic acids is 1. The van der Waals surface area contributed by atoms with Crippen LogP contribution in [0.25, 0.3) is 0 Å². The fourth-order valence-corrected chi connectivity index (χ4v) is 2.81. The molecule has 1 N–H and O–H groups in total. The van der Waals surface area contributed by atoms with Gasteiger partial charge in [0.15, 0.2) is 0 Å². The van der Waals surface area contributed by atoms with Crippen molar-refractivity contribution in [3.8, 4) is 5.75 Å². The van der Waals surface area contributed by atoms with Gasteiger partial charge in [0.25, 0.3) is 0 Å². The Balaban J connectivity index is 2.53. The normalized spacial score (nSPS) is 12.3. The molecule has 1 aromatic rings. The molecule has 0 aliphatic carbocycles. The average molecular weight is 344 g/mol. The van der Waals surface area contributed by atoms with Gasteiger partial charge in [-0.3, -0.25) is 0 Å². The molecule has 0 saturated carbocycles. The highest BCUT2D eigenvalue weighted by molar-refractivity contribution is 5.94. The Morgan fingerprint density at radius 3 is 2.28 bits per heavy atom. The lowest BCUT2D eigenvalue weighted by Crippen LogP contribution is -2.13. The highest BCUT2D eigenvalue weighted by atomic mass is 16.5. The van der Waals surface area contributed by atoms with Crippen LogP contribution in [-0.2, 0) is 4.79 Å². The number of hydrogen-bond acceptors (Lipinski definition) is 3. The predicted octanol–water partition coefficient (Wildman–Crippen LogP) is 5.60. The number of unbranched alkanes of at least 4 members (excludes halogenated alkanes) is 6. The van der Waals surface area contributed by atoms with E-state index in [1.807, 2.05) is 25.1 Å². The average Bonchev–Trinajstić information content (AvgIpc) is 2.62. The molecule has 0 bridgehead atoms. The number of rotatable bonds is 12. The molecule has 0 spiro atoms. The Labute approximate surface area is 152 Å². The standard InChI is InChI=1S/C22H32O3/c1-3-5-6-7-8-9-11-14-19(17-18-23)21(4-2)22(24)25-20-15-12-10-13-16-20/h4,10,12-13,15-17,23H,3,5-9,11,14,18H2,1-2H3. The lowest BCUT2D eigenvalue weighted by atomic mass is 9.98. The molecule has 0 unspecified atom stereocenters. The molecule has 0 aromatic heterocycles. The zero-order valence-electron chi connectivity index (χ0n) is 15.7. The number of aliphatic hydroxyl groups is 1. The molecule has 0 saturated heterocycles. The minimum absolute atomic E-state index is 0.0677. The van der Waals surface area contributed by atoms with Crippen LogP contribution in [0.5, 0.6) is 5.75 Å². The SMILES string of the molecule is CC=C(C(=O)Oc1ccccc1)C(=CCO)CCCCCCCCC. The van der Waals surface area contributed by atoms with Crippen LogP contribution in [-0.4, -0.2) is 17.7 Å². The van der Waals surface area contributed by atoms with E-state index in [1.165, 1.54) is 32.1 Å². The molecule has 0 fully saturated rings. The number of aliphatic hydroxyl groups excluding tert-OH is 1. The van der Waals surface area contributed by atoms with Crippen molar-refractivity contribution in [1.29, 1.82) is 0 Å². The van der Waals surface area contributed by atoms with Crippen LogP contribution in [0.1, 0.15) is 65.2 Å².